The number of aliphatic hydroxyl groups excluding tert-OH is 1. The number of benzene rings is 1. The SMILES string of the molecule is C[C@H](Nc1ncc(F)c(-c2cnc3c(C4CC4)cccn23)n1)c1ccc([C@H](O)CNC(C)(C)C)cc1. The number of hydrogen-bond donors (Lipinski definition) is 3. The lowest BCUT2D eigenvalue weighted by Gasteiger charge is -2.23. The summed E-state index contributed by atoms with van der Waals surface area (Å²) in [6.45, 7) is 8.68. The second-order valence-corrected chi connectivity index (χ2v) is 10.6. The van der Waals surface area contributed by atoms with Crippen LogP contribution >= 0.6 is 0 Å². The number of aliphatic hydroxyl groups is 1. The second kappa shape index (κ2) is 9.59. The average Bonchev–Trinajstić information content (AvgIpc) is 3.61. The summed E-state index contributed by atoms with van der Waals surface area (Å²) in [5, 5.41) is 17.1. The summed E-state index contributed by atoms with van der Waals surface area (Å²) in [6, 6.07) is 11.8. The Bertz CT molecular complexity index is 1360. The van der Waals surface area contributed by atoms with E-state index in [4.69, 9.17) is 0 Å². The summed E-state index contributed by atoms with van der Waals surface area (Å²) in [5.74, 6) is 0.388. The van der Waals surface area contributed by atoms with Crippen LogP contribution in [0.3, 0.4) is 0 Å². The first-order valence-electron chi connectivity index (χ1n) is 12.5. The summed E-state index contributed by atoms with van der Waals surface area (Å²) in [6.07, 6.45) is 6.53. The summed E-state index contributed by atoms with van der Waals surface area (Å²) in [7, 11) is 0. The van der Waals surface area contributed by atoms with Crippen molar-refractivity contribution in [3.8, 4) is 11.4 Å². The van der Waals surface area contributed by atoms with Gasteiger partial charge in [-0.2, -0.15) is 0 Å². The number of β-amino-alcohol motifs (C(OH)–C–C–N with tert-alkyl or cyclic N) is 1. The third-order valence-corrected chi connectivity index (χ3v) is 6.56. The van der Waals surface area contributed by atoms with Crippen molar-refractivity contribution < 1.29 is 9.50 Å². The number of anilines is 1. The van der Waals surface area contributed by atoms with Gasteiger partial charge in [0.1, 0.15) is 11.3 Å². The molecule has 4 aromatic rings. The van der Waals surface area contributed by atoms with Gasteiger partial charge in [0, 0.05) is 18.3 Å². The maximum atomic E-state index is 14.8. The number of fused-ring (bicyclic) bond motifs is 1. The van der Waals surface area contributed by atoms with Crippen LogP contribution in [0.4, 0.5) is 10.3 Å². The topological polar surface area (TPSA) is 87.4 Å². The molecule has 2 atom stereocenters. The van der Waals surface area contributed by atoms with Gasteiger partial charge in [-0.3, -0.25) is 4.40 Å². The molecule has 0 aliphatic heterocycles. The molecule has 0 saturated heterocycles. The molecule has 1 aliphatic rings. The predicted molar refractivity (Wildman–Crippen MR) is 139 cm³/mol. The fourth-order valence-electron chi connectivity index (χ4n) is 4.34. The van der Waals surface area contributed by atoms with Crippen LogP contribution in [-0.4, -0.2) is 36.5 Å². The standard InChI is InChI=1S/C28H33FN6O/c1-17(18-7-11-20(12-8-18)24(36)16-32-28(2,3)4)33-27-31-14-22(29)25(34-27)23-15-30-26-21(19-9-10-19)6-5-13-35(23)26/h5-8,11-15,17,19,24,32,36H,9-10,16H2,1-4H3,(H,31,33,34)/t17-,24+/m0/s1. The zero-order chi connectivity index (χ0) is 25.4. The van der Waals surface area contributed by atoms with E-state index in [1.165, 1.54) is 24.6 Å². The lowest BCUT2D eigenvalue weighted by atomic mass is 10.0. The highest BCUT2D eigenvalue weighted by molar-refractivity contribution is 5.64. The van der Waals surface area contributed by atoms with Crippen molar-refractivity contribution in [3.05, 3.63) is 77.5 Å². The van der Waals surface area contributed by atoms with E-state index < -0.39 is 11.9 Å². The maximum Gasteiger partial charge on any atom is 0.223 e. The van der Waals surface area contributed by atoms with E-state index in [0.717, 1.165) is 16.8 Å². The lowest BCUT2D eigenvalue weighted by Crippen LogP contribution is -2.38. The molecule has 0 amide bonds. The third kappa shape index (κ3) is 5.24. The molecular weight excluding hydrogens is 455 g/mol. The molecule has 1 aliphatic carbocycles. The normalized spacial score (nSPS) is 15.7. The fraction of sp³-hybridized carbons (Fsp3) is 0.393. The van der Waals surface area contributed by atoms with Gasteiger partial charge in [0.25, 0.3) is 0 Å². The molecule has 8 heteroatoms. The monoisotopic (exact) mass is 488 g/mol. The highest BCUT2D eigenvalue weighted by atomic mass is 19.1. The molecular formula is C28H33FN6O. The van der Waals surface area contributed by atoms with Gasteiger partial charge in [-0.15, -0.1) is 0 Å². The first-order valence-corrected chi connectivity index (χ1v) is 12.5. The van der Waals surface area contributed by atoms with Gasteiger partial charge in [0.05, 0.1) is 30.2 Å². The van der Waals surface area contributed by atoms with Gasteiger partial charge >= 0.3 is 0 Å². The van der Waals surface area contributed by atoms with Crippen LogP contribution < -0.4 is 10.6 Å². The molecule has 188 valence electrons. The Morgan fingerprint density at radius 2 is 1.81 bits per heavy atom. The average molecular weight is 489 g/mol. The first kappa shape index (κ1) is 24.3. The van der Waals surface area contributed by atoms with Crippen LogP contribution in [0.15, 0.2) is 55.0 Å². The largest absolute Gasteiger partial charge is 0.387 e. The van der Waals surface area contributed by atoms with Crippen molar-refractivity contribution in [3.63, 3.8) is 0 Å². The smallest absolute Gasteiger partial charge is 0.223 e. The highest BCUT2D eigenvalue weighted by Gasteiger charge is 2.27. The molecule has 0 bridgehead atoms. The van der Waals surface area contributed by atoms with E-state index >= 15 is 0 Å². The number of halogens is 1. The van der Waals surface area contributed by atoms with Gasteiger partial charge in [0.2, 0.25) is 5.95 Å². The Morgan fingerprint density at radius 1 is 1.08 bits per heavy atom. The van der Waals surface area contributed by atoms with E-state index in [-0.39, 0.29) is 17.3 Å². The fourth-order valence-corrected chi connectivity index (χ4v) is 4.34. The van der Waals surface area contributed by atoms with Crippen LogP contribution in [0, 0.1) is 5.82 Å². The molecule has 1 fully saturated rings. The van der Waals surface area contributed by atoms with Gasteiger partial charge in [-0.25, -0.2) is 19.3 Å². The number of nitrogens with one attached hydrogen (secondary N) is 2. The van der Waals surface area contributed by atoms with Gasteiger partial charge in [-0.05, 0) is 69.2 Å². The maximum absolute atomic E-state index is 14.8. The van der Waals surface area contributed by atoms with E-state index in [9.17, 15) is 9.50 Å². The van der Waals surface area contributed by atoms with Crippen molar-refractivity contribution in [1.82, 2.24) is 24.7 Å². The van der Waals surface area contributed by atoms with Crippen LogP contribution in [-0.2, 0) is 0 Å². The first-order chi connectivity index (χ1) is 17.2. The minimum Gasteiger partial charge on any atom is -0.387 e. The summed E-state index contributed by atoms with van der Waals surface area (Å²) in [4.78, 5) is 13.3. The van der Waals surface area contributed by atoms with Crippen molar-refractivity contribution >= 4 is 11.6 Å². The molecule has 0 spiro atoms. The number of pyridine rings is 1. The van der Waals surface area contributed by atoms with Crippen molar-refractivity contribution in [1.29, 1.82) is 0 Å². The molecule has 7 nitrogen and oxygen atoms in total. The minimum absolute atomic E-state index is 0.0594. The van der Waals surface area contributed by atoms with E-state index in [1.54, 1.807) is 6.20 Å². The van der Waals surface area contributed by atoms with Gasteiger partial charge in [-0.1, -0.05) is 30.3 Å². The third-order valence-electron chi connectivity index (χ3n) is 6.56. The number of aromatic nitrogens is 4. The van der Waals surface area contributed by atoms with Gasteiger partial charge in [0.15, 0.2) is 5.82 Å². The van der Waals surface area contributed by atoms with Crippen LogP contribution in [0.2, 0.25) is 0 Å². The quantitative estimate of drug-likeness (QED) is 0.308. The molecule has 0 unspecified atom stereocenters. The molecule has 1 saturated carbocycles. The Morgan fingerprint density at radius 3 is 2.50 bits per heavy atom. The van der Waals surface area contributed by atoms with Crippen LogP contribution in [0.25, 0.3) is 17.0 Å². The Hall–Kier alpha value is -3.36. The predicted octanol–water partition coefficient (Wildman–Crippen LogP) is 5.40. The molecule has 0 radical (unpaired) electrons. The van der Waals surface area contributed by atoms with E-state index in [2.05, 4.69) is 52.4 Å². The van der Waals surface area contributed by atoms with E-state index in [1.807, 2.05) is 47.9 Å². The van der Waals surface area contributed by atoms with Crippen molar-refractivity contribution in [2.24, 2.45) is 0 Å². The van der Waals surface area contributed by atoms with E-state index in [0.29, 0.717) is 24.1 Å². The number of imidazole rings is 1. The van der Waals surface area contributed by atoms with Gasteiger partial charge < -0.3 is 15.7 Å². The molecule has 3 aromatic heterocycles. The summed E-state index contributed by atoms with van der Waals surface area (Å²) < 4.78 is 16.7. The molecule has 3 N–H and O–H groups in total. The number of rotatable bonds is 8. The molecule has 1 aromatic carbocycles. The Balaban J connectivity index is 1.33. The lowest BCUT2D eigenvalue weighted by molar-refractivity contribution is 0.163. The summed E-state index contributed by atoms with van der Waals surface area (Å²) >= 11 is 0. The Labute approximate surface area is 210 Å². The van der Waals surface area contributed by atoms with Crippen molar-refractivity contribution in [2.45, 2.75) is 64.1 Å². The number of hydrogen-bond acceptors (Lipinski definition) is 6. The van der Waals surface area contributed by atoms with Crippen LogP contribution in [0.5, 0.6) is 0 Å². The van der Waals surface area contributed by atoms with Crippen LogP contribution in [0.1, 0.15) is 75.3 Å². The molecule has 36 heavy (non-hydrogen) atoms. The zero-order valence-corrected chi connectivity index (χ0v) is 21.2. The summed E-state index contributed by atoms with van der Waals surface area (Å²) in [5.41, 5.74) is 4.67. The molecule has 5 rings (SSSR count). The zero-order valence-electron chi connectivity index (χ0n) is 21.2. The highest BCUT2D eigenvalue weighted by Crippen LogP contribution is 2.42. The van der Waals surface area contributed by atoms with Crippen molar-refractivity contribution in [2.75, 3.05) is 11.9 Å². The number of nitrogens with zero attached hydrogens (tertiary/aromatic N) is 4. The Kier molecular flexibility index (Phi) is 6.49. The second-order valence-electron chi connectivity index (χ2n) is 10.6. The molecule has 3 heterocycles. The minimum atomic E-state index is -0.588.